The normalized spacial score (nSPS) is 37.4. The second-order valence-electron chi connectivity index (χ2n) is 4.97. The molecule has 1 saturated heterocycles. The van der Waals surface area contributed by atoms with Gasteiger partial charge in [0.25, 0.3) is 0 Å². The van der Waals surface area contributed by atoms with Crippen molar-refractivity contribution in [3.05, 3.63) is 28.9 Å². The first-order valence-electron chi connectivity index (χ1n) is 6.85. The van der Waals surface area contributed by atoms with Gasteiger partial charge in [-0.1, -0.05) is 50.9 Å². The highest BCUT2D eigenvalue weighted by atomic mass is 79.9. The predicted octanol–water partition coefficient (Wildman–Crippen LogP) is 4.48. The molecule has 0 N–H and O–H groups in total. The van der Waals surface area contributed by atoms with E-state index in [1.165, 1.54) is 0 Å². The number of hydrogen-bond donors (Lipinski definition) is 0. The van der Waals surface area contributed by atoms with Crippen molar-refractivity contribution in [2.24, 2.45) is 0 Å². The summed E-state index contributed by atoms with van der Waals surface area (Å²) in [6.45, 7) is 2.18. The Morgan fingerprint density at radius 2 is 2.11 bits per heavy atom. The maximum atomic E-state index is 6.29. The Labute approximate surface area is 132 Å². The molecule has 4 heteroatoms. The van der Waals surface area contributed by atoms with Crippen LogP contribution < -0.4 is 0 Å². The van der Waals surface area contributed by atoms with Gasteiger partial charge in [-0.25, -0.2) is 0 Å². The number of rotatable bonds is 3. The molecule has 0 unspecified atom stereocenters. The molecule has 0 radical (unpaired) electrons. The average molecular weight is 392 g/mol. The van der Waals surface area contributed by atoms with Crippen LogP contribution >= 0.6 is 31.9 Å². The van der Waals surface area contributed by atoms with Gasteiger partial charge >= 0.3 is 0 Å². The molecule has 19 heavy (non-hydrogen) atoms. The summed E-state index contributed by atoms with van der Waals surface area (Å²) in [6.07, 6.45) is 11.1. The molecule has 5 atom stereocenters. The Balaban J connectivity index is 2.04. The van der Waals surface area contributed by atoms with Crippen LogP contribution in [0.25, 0.3) is 0 Å². The molecule has 2 aliphatic rings. The van der Waals surface area contributed by atoms with Gasteiger partial charge in [0.1, 0.15) is 0 Å². The van der Waals surface area contributed by atoms with E-state index in [9.17, 15) is 0 Å². The van der Waals surface area contributed by atoms with E-state index in [0.29, 0.717) is 4.83 Å². The Morgan fingerprint density at radius 3 is 2.84 bits per heavy atom. The van der Waals surface area contributed by atoms with Crippen molar-refractivity contribution in [2.75, 3.05) is 0 Å². The molecule has 0 saturated carbocycles. The van der Waals surface area contributed by atoms with Gasteiger partial charge in [-0.15, -0.1) is 5.73 Å². The van der Waals surface area contributed by atoms with Crippen molar-refractivity contribution < 1.29 is 9.47 Å². The van der Waals surface area contributed by atoms with E-state index in [-0.39, 0.29) is 24.4 Å². The lowest BCUT2D eigenvalue weighted by atomic mass is 10.0. The maximum absolute atomic E-state index is 6.29. The first-order valence-corrected chi connectivity index (χ1v) is 8.69. The van der Waals surface area contributed by atoms with Gasteiger partial charge in [0.15, 0.2) is 0 Å². The summed E-state index contributed by atoms with van der Waals surface area (Å²) in [4.78, 5) is 2.14. The van der Waals surface area contributed by atoms with Crippen LogP contribution in [0.3, 0.4) is 0 Å². The third-order valence-electron chi connectivity index (χ3n) is 3.62. The van der Waals surface area contributed by atoms with Gasteiger partial charge in [-0.05, 0) is 25.3 Å². The first-order chi connectivity index (χ1) is 9.24. The molecule has 2 rings (SSSR count). The highest BCUT2D eigenvalue weighted by molar-refractivity contribution is 9.11. The average Bonchev–Trinajstić information content (AvgIpc) is 2.77. The molecule has 2 heterocycles. The van der Waals surface area contributed by atoms with Gasteiger partial charge in [-0.3, -0.25) is 0 Å². The minimum atomic E-state index is 0.117. The highest BCUT2D eigenvalue weighted by Gasteiger charge is 2.37. The summed E-state index contributed by atoms with van der Waals surface area (Å²) < 4.78 is 12.3. The molecule has 0 aliphatic carbocycles. The lowest BCUT2D eigenvalue weighted by Gasteiger charge is -2.28. The molecule has 0 aromatic carbocycles. The zero-order chi connectivity index (χ0) is 13.7. The number of hydrogen-bond acceptors (Lipinski definition) is 2. The van der Waals surface area contributed by atoms with E-state index >= 15 is 0 Å². The monoisotopic (exact) mass is 390 g/mol. The van der Waals surface area contributed by atoms with Crippen molar-refractivity contribution >= 4 is 31.9 Å². The number of fused-ring (bicyclic) bond motifs is 1. The van der Waals surface area contributed by atoms with Crippen LogP contribution in [0.4, 0.5) is 0 Å². The van der Waals surface area contributed by atoms with E-state index in [1.54, 1.807) is 4.99 Å². The van der Waals surface area contributed by atoms with Crippen LogP contribution in [-0.4, -0.2) is 29.2 Å². The van der Waals surface area contributed by atoms with Crippen molar-refractivity contribution in [1.82, 2.24) is 0 Å². The van der Waals surface area contributed by atoms with Gasteiger partial charge in [0, 0.05) is 16.2 Å². The Morgan fingerprint density at radius 1 is 1.32 bits per heavy atom. The molecular formula is C15H20Br2O2. The molecule has 0 amide bonds. The van der Waals surface area contributed by atoms with Gasteiger partial charge in [0.05, 0.1) is 24.4 Å². The molecule has 0 aromatic heterocycles. The molecular weight excluding hydrogens is 372 g/mol. The van der Waals surface area contributed by atoms with Crippen molar-refractivity contribution in [2.45, 2.75) is 61.9 Å². The van der Waals surface area contributed by atoms with E-state index < -0.39 is 0 Å². The van der Waals surface area contributed by atoms with Crippen LogP contribution in [0.2, 0.25) is 0 Å². The predicted molar refractivity (Wildman–Crippen MR) is 84.9 cm³/mol. The fourth-order valence-corrected chi connectivity index (χ4v) is 3.08. The van der Waals surface area contributed by atoms with E-state index in [2.05, 4.69) is 56.7 Å². The second kappa shape index (κ2) is 7.80. The van der Waals surface area contributed by atoms with Crippen LogP contribution in [0.5, 0.6) is 0 Å². The summed E-state index contributed by atoms with van der Waals surface area (Å²) >= 11 is 6.95. The maximum Gasteiger partial charge on any atom is 0.0880 e. The van der Waals surface area contributed by atoms with E-state index in [1.807, 2.05) is 6.08 Å². The number of ether oxygens (including phenoxy) is 2. The van der Waals surface area contributed by atoms with Crippen LogP contribution in [0, 0.1) is 0 Å². The quantitative estimate of drug-likeness (QED) is 0.401. The standard InChI is InChI=1S/C15H20Br2O2/c1-2-12(17)13-7-3-4-8-14-15(19-13)10-11(18-14)6-5-9-16/h3-4,6,9,11-15H,2,7-8,10H2,1H3/b4-3-/t5?,11-,12+,13-,14-,15+/m1/s1. The van der Waals surface area contributed by atoms with Gasteiger partial charge < -0.3 is 9.47 Å². The molecule has 2 aliphatic heterocycles. The fraction of sp³-hybridized carbons (Fsp3) is 0.667. The fourth-order valence-electron chi connectivity index (χ4n) is 2.59. The van der Waals surface area contributed by atoms with Crippen LogP contribution in [0.1, 0.15) is 32.6 Å². The van der Waals surface area contributed by atoms with E-state index in [0.717, 1.165) is 25.7 Å². The summed E-state index contributed by atoms with van der Waals surface area (Å²) in [5, 5.41) is 0. The molecule has 2 nitrogen and oxygen atoms in total. The molecule has 0 spiro atoms. The zero-order valence-electron chi connectivity index (χ0n) is 11.1. The lowest BCUT2D eigenvalue weighted by Crippen LogP contribution is -2.34. The minimum absolute atomic E-state index is 0.117. The first kappa shape index (κ1) is 15.5. The molecule has 0 aromatic rings. The number of halogens is 2. The third kappa shape index (κ3) is 4.30. The zero-order valence-corrected chi connectivity index (χ0v) is 14.3. The van der Waals surface area contributed by atoms with Crippen LogP contribution in [-0.2, 0) is 9.47 Å². The summed E-state index contributed by atoms with van der Waals surface area (Å²) in [6, 6.07) is 0. The van der Waals surface area contributed by atoms with E-state index in [4.69, 9.17) is 9.47 Å². The highest BCUT2D eigenvalue weighted by Crippen LogP contribution is 2.31. The van der Waals surface area contributed by atoms with Gasteiger partial charge in [-0.2, -0.15) is 0 Å². The van der Waals surface area contributed by atoms with Gasteiger partial charge in [0.2, 0.25) is 0 Å². The third-order valence-corrected chi connectivity index (χ3v) is 5.12. The van der Waals surface area contributed by atoms with Crippen LogP contribution in [0.15, 0.2) is 28.9 Å². The Bertz CT molecular complexity index is 374. The smallest absolute Gasteiger partial charge is 0.0880 e. The summed E-state index contributed by atoms with van der Waals surface area (Å²) in [7, 11) is 0. The molecule has 0 bridgehead atoms. The second-order valence-corrected chi connectivity index (χ2v) is 6.61. The summed E-state index contributed by atoms with van der Waals surface area (Å²) in [5.74, 6) is 0. The summed E-state index contributed by atoms with van der Waals surface area (Å²) in [5.41, 5.74) is 3.04. The largest absolute Gasteiger partial charge is 0.371 e. The Kier molecular flexibility index (Phi) is 6.37. The Hall–Kier alpha value is 0.140. The molecule has 1 fully saturated rings. The minimum Gasteiger partial charge on any atom is -0.371 e. The topological polar surface area (TPSA) is 18.5 Å². The van der Waals surface area contributed by atoms with Crippen molar-refractivity contribution in [3.63, 3.8) is 0 Å². The molecule has 106 valence electrons. The SMILES string of the molecule is CC[C@H](Br)[C@H]1C/C=C\C[C@H]2O[C@H](C=C=CBr)C[C@@H]2O1. The number of alkyl halides is 1. The van der Waals surface area contributed by atoms with Crippen molar-refractivity contribution in [3.8, 4) is 0 Å². The van der Waals surface area contributed by atoms with Crippen molar-refractivity contribution in [1.29, 1.82) is 0 Å². The lowest BCUT2D eigenvalue weighted by molar-refractivity contribution is -0.0540.